The Morgan fingerprint density at radius 1 is 1.39 bits per heavy atom. The fourth-order valence-corrected chi connectivity index (χ4v) is 2.83. The largest absolute Gasteiger partial charge is 0.382 e. The molecule has 2 aliphatic rings. The predicted octanol–water partition coefficient (Wildman–Crippen LogP) is 1.54. The van der Waals surface area contributed by atoms with E-state index < -0.39 is 0 Å². The van der Waals surface area contributed by atoms with Crippen molar-refractivity contribution in [1.29, 1.82) is 5.26 Å². The van der Waals surface area contributed by atoms with E-state index >= 15 is 0 Å². The van der Waals surface area contributed by atoms with Crippen LogP contribution in [0.4, 0.5) is 11.4 Å². The number of benzene rings is 1. The standard InChI is InChI=1S/C14H18N4/c15-9-11-3-4-13-14(8-11)18(7-6-17-13)10-12-2-1-5-16-12/h3-4,8,12,16-17H,1-2,5-7,10H2. The van der Waals surface area contributed by atoms with Crippen LogP contribution in [0.25, 0.3) is 0 Å². The first-order chi connectivity index (χ1) is 8.86. The van der Waals surface area contributed by atoms with Crippen molar-refractivity contribution in [2.45, 2.75) is 18.9 Å². The first kappa shape index (κ1) is 11.4. The second-order valence-electron chi connectivity index (χ2n) is 5.01. The predicted molar refractivity (Wildman–Crippen MR) is 72.9 cm³/mol. The number of hydrogen-bond acceptors (Lipinski definition) is 4. The van der Waals surface area contributed by atoms with Gasteiger partial charge in [0.2, 0.25) is 0 Å². The van der Waals surface area contributed by atoms with Crippen molar-refractivity contribution in [1.82, 2.24) is 5.32 Å². The van der Waals surface area contributed by atoms with Crippen LogP contribution in [0.1, 0.15) is 18.4 Å². The minimum absolute atomic E-state index is 0.599. The van der Waals surface area contributed by atoms with Gasteiger partial charge in [-0.1, -0.05) is 0 Å². The van der Waals surface area contributed by atoms with Crippen LogP contribution in [0.2, 0.25) is 0 Å². The maximum absolute atomic E-state index is 9.01. The number of fused-ring (bicyclic) bond motifs is 1. The lowest BCUT2D eigenvalue weighted by Gasteiger charge is -2.34. The first-order valence-electron chi connectivity index (χ1n) is 6.63. The second kappa shape index (κ2) is 4.87. The maximum atomic E-state index is 9.01. The molecule has 0 spiro atoms. The Morgan fingerprint density at radius 3 is 3.11 bits per heavy atom. The molecule has 2 aliphatic heterocycles. The quantitative estimate of drug-likeness (QED) is 0.826. The van der Waals surface area contributed by atoms with Gasteiger partial charge in [-0.15, -0.1) is 0 Å². The number of nitrogens with zero attached hydrogens (tertiary/aromatic N) is 2. The van der Waals surface area contributed by atoms with Gasteiger partial charge in [0.15, 0.2) is 0 Å². The Labute approximate surface area is 108 Å². The van der Waals surface area contributed by atoms with Crippen molar-refractivity contribution >= 4 is 11.4 Å². The van der Waals surface area contributed by atoms with E-state index in [1.54, 1.807) is 0 Å². The summed E-state index contributed by atoms with van der Waals surface area (Å²) in [6.45, 7) is 4.18. The van der Waals surface area contributed by atoms with E-state index in [0.717, 1.165) is 37.4 Å². The average Bonchev–Trinajstić information content (AvgIpc) is 2.91. The Hall–Kier alpha value is -1.73. The topological polar surface area (TPSA) is 51.1 Å². The number of nitriles is 1. The van der Waals surface area contributed by atoms with Crippen molar-refractivity contribution in [2.24, 2.45) is 0 Å². The van der Waals surface area contributed by atoms with Crippen LogP contribution in [0.15, 0.2) is 18.2 Å². The van der Waals surface area contributed by atoms with Gasteiger partial charge in [0.25, 0.3) is 0 Å². The van der Waals surface area contributed by atoms with Crippen LogP contribution in [0, 0.1) is 11.3 Å². The Morgan fingerprint density at radius 2 is 2.33 bits per heavy atom. The summed E-state index contributed by atoms with van der Waals surface area (Å²) in [5, 5.41) is 15.9. The van der Waals surface area contributed by atoms with Crippen LogP contribution in [-0.2, 0) is 0 Å². The Bertz CT molecular complexity index is 471. The third-order valence-corrected chi connectivity index (χ3v) is 3.77. The van der Waals surface area contributed by atoms with Gasteiger partial charge in [0.1, 0.15) is 0 Å². The Kier molecular flexibility index (Phi) is 3.07. The molecular formula is C14H18N4. The van der Waals surface area contributed by atoms with Gasteiger partial charge in [-0.25, -0.2) is 0 Å². The van der Waals surface area contributed by atoms with Gasteiger partial charge in [0, 0.05) is 25.7 Å². The van der Waals surface area contributed by atoms with Crippen LogP contribution in [0.3, 0.4) is 0 Å². The van der Waals surface area contributed by atoms with Crippen LogP contribution in [-0.4, -0.2) is 32.2 Å². The molecule has 94 valence electrons. The highest BCUT2D eigenvalue weighted by atomic mass is 15.2. The van der Waals surface area contributed by atoms with Gasteiger partial charge in [-0.05, 0) is 37.6 Å². The molecule has 1 aromatic rings. The molecule has 1 atom stereocenters. The van der Waals surface area contributed by atoms with Crippen molar-refractivity contribution in [3.63, 3.8) is 0 Å². The summed E-state index contributed by atoms with van der Waals surface area (Å²) in [6.07, 6.45) is 2.54. The average molecular weight is 242 g/mol. The summed E-state index contributed by atoms with van der Waals surface area (Å²) in [6, 6.07) is 8.71. The summed E-state index contributed by atoms with van der Waals surface area (Å²) in [7, 11) is 0. The lowest BCUT2D eigenvalue weighted by Crippen LogP contribution is -2.42. The van der Waals surface area contributed by atoms with E-state index in [1.807, 2.05) is 18.2 Å². The SMILES string of the molecule is N#Cc1ccc2c(c1)N(CC1CCCN1)CCN2. The van der Waals surface area contributed by atoms with E-state index in [4.69, 9.17) is 5.26 Å². The minimum atomic E-state index is 0.599. The summed E-state index contributed by atoms with van der Waals surface area (Å²) in [4.78, 5) is 2.40. The summed E-state index contributed by atoms with van der Waals surface area (Å²) in [5.41, 5.74) is 3.06. The van der Waals surface area contributed by atoms with Gasteiger partial charge in [-0.2, -0.15) is 5.26 Å². The van der Waals surface area contributed by atoms with E-state index in [0.29, 0.717) is 6.04 Å². The molecule has 0 aromatic heterocycles. The van der Waals surface area contributed by atoms with Crippen LogP contribution in [0.5, 0.6) is 0 Å². The first-order valence-corrected chi connectivity index (χ1v) is 6.63. The lowest BCUT2D eigenvalue weighted by molar-refractivity contribution is 0.581. The van der Waals surface area contributed by atoms with Crippen molar-refractivity contribution in [3.05, 3.63) is 23.8 Å². The highest BCUT2D eigenvalue weighted by molar-refractivity contribution is 5.74. The zero-order valence-corrected chi connectivity index (χ0v) is 10.4. The lowest BCUT2D eigenvalue weighted by atomic mass is 10.1. The molecule has 4 heteroatoms. The van der Waals surface area contributed by atoms with Crippen molar-refractivity contribution in [2.75, 3.05) is 36.4 Å². The van der Waals surface area contributed by atoms with Gasteiger partial charge >= 0.3 is 0 Å². The normalized spacial score (nSPS) is 22.2. The zero-order valence-electron chi connectivity index (χ0n) is 10.4. The molecule has 3 rings (SSSR count). The minimum Gasteiger partial charge on any atom is -0.382 e. The van der Waals surface area contributed by atoms with E-state index in [1.165, 1.54) is 18.5 Å². The van der Waals surface area contributed by atoms with Crippen LogP contribution >= 0.6 is 0 Å². The Balaban J connectivity index is 1.83. The van der Waals surface area contributed by atoms with Gasteiger partial charge in [-0.3, -0.25) is 0 Å². The third kappa shape index (κ3) is 2.14. The van der Waals surface area contributed by atoms with Crippen molar-refractivity contribution < 1.29 is 0 Å². The number of rotatable bonds is 2. The monoisotopic (exact) mass is 242 g/mol. The second-order valence-corrected chi connectivity index (χ2v) is 5.01. The fraction of sp³-hybridized carbons (Fsp3) is 0.500. The fourth-order valence-electron chi connectivity index (χ4n) is 2.83. The maximum Gasteiger partial charge on any atom is 0.0992 e. The molecule has 2 heterocycles. The molecule has 4 nitrogen and oxygen atoms in total. The summed E-state index contributed by atoms with van der Waals surface area (Å²) in [5.74, 6) is 0. The molecule has 1 unspecified atom stereocenters. The highest BCUT2D eigenvalue weighted by Crippen LogP contribution is 2.30. The molecule has 0 radical (unpaired) electrons. The highest BCUT2D eigenvalue weighted by Gasteiger charge is 2.22. The molecule has 2 N–H and O–H groups in total. The number of nitrogens with one attached hydrogen (secondary N) is 2. The zero-order chi connectivity index (χ0) is 12.4. The third-order valence-electron chi connectivity index (χ3n) is 3.77. The van der Waals surface area contributed by atoms with E-state index in [-0.39, 0.29) is 0 Å². The van der Waals surface area contributed by atoms with Gasteiger partial charge in [0.05, 0.1) is 23.0 Å². The molecule has 1 fully saturated rings. The molecule has 0 bridgehead atoms. The van der Waals surface area contributed by atoms with E-state index in [2.05, 4.69) is 21.6 Å². The van der Waals surface area contributed by atoms with Crippen LogP contribution < -0.4 is 15.5 Å². The van der Waals surface area contributed by atoms with Crippen molar-refractivity contribution in [3.8, 4) is 6.07 Å². The molecule has 0 amide bonds. The molecule has 1 saturated heterocycles. The molecule has 1 aromatic carbocycles. The summed E-state index contributed by atoms with van der Waals surface area (Å²) >= 11 is 0. The molecule has 0 saturated carbocycles. The molecule has 18 heavy (non-hydrogen) atoms. The number of hydrogen-bond donors (Lipinski definition) is 2. The van der Waals surface area contributed by atoms with Gasteiger partial charge < -0.3 is 15.5 Å². The summed E-state index contributed by atoms with van der Waals surface area (Å²) < 4.78 is 0. The molecular weight excluding hydrogens is 224 g/mol. The smallest absolute Gasteiger partial charge is 0.0992 e. The number of anilines is 2. The molecule has 0 aliphatic carbocycles. The van der Waals surface area contributed by atoms with E-state index in [9.17, 15) is 0 Å².